The van der Waals surface area contributed by atoms with Gasteiger partial charge in [-0.2, -0.15) is 5.26 Å². The maximum atomic E-state index is 13.1. The normalized spacial score (nSPS) is 18.4. The third-order valence-electron chi connectivity index (χ3n) is 5.97. The highest BCUT2D eigenvalue weighted by Gasteiger charge is 2.49. The van der Waals surface area contributed by atoms with E-state index in [9.17, 15) is 14.4 Å². The maximum absolute atomic E-state index is 13.1. The largest absolute Gasteiger partial charge is 0.348 e. The number of carbonyl (C=O) groups excluding carboxylic acids is 3. The Hall–Kier alpha value is -3.40. The third-order valence-corrected chi connectivity index (χ3v) is 5.97. The number of nitriles is 1. The summed E-state index contributed by atoms with van der Waals surface area (Å²) in [5, 5.41) is 11.7. The van der Waals surface area contributed by atoms with E-state index in [1.54, 1.807) is 31.2 Å². The van der Waals surface area contributed by atoms with Crippen molar-refractivity contribution in [3.8, 4) is 6.07 Å². The molecule has 162 valence electrons. The maximum Gasteiger partial charge on any atom is 0.325 e. The Morgan fingerprint density at radius 1 is 1.19 bits per heavy atom. The van der Waals surface area contributed by atoms with Gasteiger partial charge in [0.1, 0.15) is 5.54 Å². The molecule has 1 unspecified atom stereocenters. The minimum atomic E-state index is -1.28. The average molecular weight is 421 g/mol. The average Bonchev–Trinajstić information content (AvgIpc) is 3.14. The van der Waals surface area contributed by atoms with Crippen LogP contribution in [0.2, 0.25) is 0 Å². The third kappa shape index (κ3) is 4.11. The van der Waals surface area contributed by atoms with E-state index in [4.69, 9.17) is 5.26 Å². The molecule has 1 aliphatic heterocycles. The lowest BCUT2D eigenvalue weighted by molar-refractivity contribution is -0.130. The first-order valence-electron chi connectivity index (χ1n) is 10.4. The summed E-state index contributed by atoms with van der Waals surface area (Å²) in [6, 6.07) is 9.74. The Kier molecular flexibility index (Phi) is 6.03. The molecule has 1 fully saturated rings. The molecule has 1 aliphatic rings. The van der Waals surface area contributed by atoms with Crippen molar-refractivity contribution in [3.05, 3.63) is 58.4 Å². The molecule has 0 radical (unpaired) electrons. The van der Waals surface area contributed by atoms with Gasteiger partial charge in [0, 0.05) is 23.5 Å². The minimum absolute atomic E-state index is 0.267. The van der Waals surface area contributed by atoms with E-state index in [0.29, 0.717) is 22.6 Å². The molecule has 3 rings (SSSR count). The molecule has 2 heterocycles. The second kappa shape index (κ2) is 8.38. The molecule has 31 heavy (non-hydrogen) atoms. The van der Waals surface area contributed by atoms with Crippen LogP contribution in [0.25, 0.3) is 0 Å². The van der Waals surface area contributed by atoms with E-state index in [-0.39, 0.29) is 12.3 Å². The molecule has 7 nitrogen and oxygen atoms in total. The molecule has 1 atom stereocenters. The molecule has 7 heteroatoms. The molecule has 1 aromatic heterocycles. The van der Waals surface area contributed by atoms with Crippen molar-refractivity contribution in [3.63, 3.8) is 0 Å². The standard InChI is InChI=1S/C24H28N4O3/c1-15(2)10-11-27-16(3)12-20(17(27)4)21(29)14-28-22(30)24(5,26-23(28)31)19-8-6-18(13-25)7-9-19/h6-9,12,15H,10-11,14H2,1-5H3,(H,26,31). The van der Waals surface area contributed by atoms with Crippen molar-refractivity contribution in [1.29, 1.82) is 5.26 Å². The smallest absolute Gasteiger partial charge is 0.325 e. The number of carbonyl (C=O) groups is 3. The van der Waals surface area contributed by atoms with Crippen molar-refractivity contribution >= 4 is 17.7 Å². The number of benzene rings is 1. The summed E-state index contributed by atoms with van der Waals surface area (Å²) < 4.78 is 2.11. The zero-order valence-electron chi connectivity index (χ0n) is 18.7. The van der Waals surface area contributed by atoms with E-state index in [1.165, 1.54) is 0 Å². The fourth-order valence-electron chi connectivity index (χ4n) is 3.96. The zero-order chi connectivity index (χ0) is 22.9. The van der Waals surface area contributed by atoms with Crippen molar-refractivity contribution in [2.24, 2.45) is 5.92 Å². The zero-order valence-corrected chi connectivity index (χ0v) is 18.7. The summed E-state index contributed by atoms with van der Waals surface area (Å²) in [5.41, 5.74) is 2.12. The first kappa shape index (κ1) is 22.3. The molecule has 2 aromatic rings. The van der Waals surface area contributed by atoms with Gasteiger partial charge in [-0.05, 0) is 56.9 Å². The second-order valence-electron chi connectivity index (χ2n) is 8.68. The number of hydrogen-bond acceptors (Lipinski definition) is 4. The first-order valence-corrected chi connectivity index (χ1v) is 10.4. The van der Waals surface area contributed by atoms with Crippen LogP contribution in [0.4, 0.5) is 4.79 Å². The Balaban J connectivity index is 1.81. The van der Waals surface area contributed by atoms with E-state index >= 15 is 0 Å². The van der Waals surface area contributed by atoms with Crippen molar-refractivity contribution < 1.29 is 14.4 Å². The number of Topliss-reactive ketones (excluding diaryl/α,β-unsaturated/α-hetero) is 1. The van der Waals surface area contributed by atoms with Gasteiger partial charge in [0.25, 0.3) is 5.91 Å². The van der Waals surface area contributed by atoms with Crippen LogP contribution in [0.15, 0.2) is 30.3 Å². The Morgan fingerprint density at radius 3 is 2.42 bits per heavy atom. The molecule has 0 aliphatic carbocycles. The topological polar surface area (TPSA) is 95.2 Å². The first-order chi connectivity index (χ1) is 14.6. The fraction of sp³-hybridized carbons (Fsp3) is 0.417. The molecule has 1 aromatic carbocycles. The highest BCUT2D eigenvalue weighted by molar-refractivity contribution is 6.11. The fourth-order valence-corrected chi connectivity index (χ4v) is 3.96. The molecule has 3 amide bonds. The quantitative estimate of drug-likeness (QED) is 0.546. The number of nitrogens with one attached hydrogen (secondary N) is 1. The number of imide groups is 1. The van der Waals surface area contributed by atoms with E-state index in [1.807, 2.05) is 26.0 Å². The Morgan fingerprint density at radius 2 is 1.84 bits per heavy atom. The number of amides is 3. The number of urea groups is 1. The van der Waals surface area contributed by atoms with Gasteiger partial charge in [-0.3, -0.25) is 14.5 Å². The Labute approximate surface area is 182 Å². The van der Waals surface area contributed by atoms with Gasteiger partial charge < -0.3 is 9.88 Å². The van der Waals surface area contributed by atoms with E-state index < -0.39 is 17.5 Å². The molecule has 0 bridgehead atoms. The predicted molar refractivity (Wildman–Crippen MR) is 116 cm³/mol. The second-order valence-corrected chi connectivity index (χ2v) is 8.68. The molecular weight excluding hydrogens is 392 g/mol. The Bertz CT molecular complexity index is 1080. The van der Waals surface area contributed by atoms with E-state index in [0.717, 1.165) is 29.3 Å². The monoisotopic (exact) mass is 420 g/mol. The van der Waals surface area contributed by atoms with Gasteiger partial charge >= 0.3 is 6.03 Å². The van der Waals surface area contributed by atoms with Crippen molar-refractivity contribution in [1.82, 2.24) is 14.8 Å². The lowest BCUT2D eigenvalue weighted by Gasteiger charge is -2.22. The minimum Gasteiger partial charge on any atom is -0.348 e. The summed E-state index contributed by atoms with van der Waals surface area (Å²) in [4.78, 5) is 39.7. The highest BCUT2D eigenvalue weighted by atomic mass is 16.2. The van der Waals surface area contributed by atoms with Gasteiger partial charge in [-0.25, -0.2) is 4.79 Å². The molecule has 1 saturated heterocycles. The van der Waals surface area contributed by atoms with Gasteiger partial charge in [0.2, 0.25) is 0 Å². The van der Waals surface area contributed by atoms with Crippen LogP contribution in [0.1, 0.15) is 60.1 Å². The summed E-state index contributed by atoms with van der Waals surface area (Å²) >= 11 is 0. The molecule has 1 N–H and O–H groups in total. The van der Waals surface area contributed by atoms with Gasteiger partial charge in [0.15, 0.2) is 5.78 Å². The number of ketones is 1. The molecular formula is C24H28N4O3. The van der Waals surface area contributed by atoms with Crippen LogP contribution in [0.3, 0.4) is 0 Å². The highest BCUT2D eigenvalue weighted by Crippen LogP contribution is 2.29. The van der Waals surface area contributed by atoms with Crippen LogP contribution < -0.4 is 5.32 Å². The van der Waals surface area contributed by atoms with Crippen LogP contribution in [-0.4, -0.2) is 33.7 Å². The number of aromatic nitrogens is 1. The molecule has 0 spiro atoms. The van der Waals surface area contributed by atoms with Gasteiger partial charge in [0.05, 0.1) is 18.2 Å². The lowest BCUT2D eigenvalue weighted by Crippen LogP contribution is -2.41. The number of hydrogen-bond donors (Lipinski definition) is 1. The summed E-state index contributed by atoms with van der Waals surface area (Å²) in [6.45, 7) is 10.3. The van der Waals surface area contributed by atoms with Crippen LogP contribution in [0.5, 0.6) is 0 Å². The van der Waals surface area contributed by atoms with Crippen LogP contribution in [-0.2, 0) is 16.9 Å². The summed E-state index contributed by atoms with van der Waals surface area (Å²) in [7, 11) is 0. The SMILES string of the molecule is Cc1cc(C(=O)CN2C(=O)NC(C)(c3ccc(C#N)cc3)C2=O)c(C)n1CCC(C)C. The number of nitrogens with zero attached hydrogens (tertiary/aromatic N) is 3. The lowest BCUT2D eigenvalue weighted by atomic mass is 9.91. The van der Waals surface area contributed by atoms with Crippen molar-refractivity contribution in [2.75, 3.05) is 6.54 Å². The summed E-state index contributed by atoms with van der Waals surface area (Å²) in [5.74, 6) is -0.202. The van der Waals surface area contributed by atoms with Crippen LogP contribution >= 0.6 is 0 Å². The van der Waals surface area contributed by atoms with E-state index in [2.05, 4.69) is 23.7 Å². The number of rotatable bonds is 7. The van der Waals surface area contributed by atoms with Gasteiger partial charge in [-0.1, -0.05) is 26.0 Å². The number of aryl methyl sites for hydroxylation is 1. The summed E-state index contributed by atoms with van der Waals surface area (Å²) in [6.07, 6.45) is 1.000. The predicted octanol–water partition coefficient (Wildman–Crippen LogP) is 3.67. The van der Waals surface area contributed by atoms with Gasteiger partial charge in [-0.15, -0.1) is 0 Å². The van der Waals surface area contributed by atoms with Crippen molar-refractivity contribution in [2.45, 2.75) is 53.1 Å². The molecule has 0 saturated carbocycles. The van der Waals surface area contributed by atoms with Crippen LogP contribution in [0, 0.1) is 31.1 Å².